The number of rotatable bonds is 8. The maximum Gasteiger partial charge on any atom is 0.197 e. The van der Waals surface area contributed by atoms with Gasteiger partial charge in [0.15, 0.2) is 18.9 Å². The zero-order valence-corrected chi connectivity index (χ0v) is 14.7. The van der Waals surface area contributed by atoms with E-state index in [1.807, 2.05) is 20.8 Å². The lowest BCUT2D eigenvalue weighted by atomic mass is 10.3. The maximum atomic E-state index is 12.2. The van der Waals surface area contributed by atoms with E-state index in [1.54, 1.807) is 0 Å². The Bertz CT molecular complexity index is 463. The molecule has 8 heteroatoms. The van der Waals surface area contributed by atoms with Crippen LogP contribution in [-0.4, -0.2) is 32.7 Å². The van der Waals surface area contributed by atoms with Crippen molar-refractivity contribution >= 4 is 36.8 Å². The molecule has 0 fully saturated rings. The fourth-order valence-corrected chi connectivity index (χ4v) is 6.70. The molecule has 118 valence electrons. The van der Waals surface area contributed by atoms with Crippen LogP contribution in [0.4, 0.5) is 0 Å². The smallest absolute Gasteiger partial charge is 0.197 e. The van der Waals surface area contributed by atoms with Crippen molar-refractivity contribution < 1.29 is 12.6 Å². The minimum absolute atomic E-state index is 0.00888. The number of hydrogen-bond donors (Lipinski definition) is 1. The van der Waals surface area contributed by atoms with Crippen molar-refractivity contribution in [2.45, 2.75) is 62.8 Å². The Balaban J connectivity index is 2.55. The van der Waals surface area contributed by atoms with Crippen LogP contribution < -0.4 is 5.43 Å². The van der Waals surface area contributed by atoms with Crippen molar-refractivity contribution in [3.63, 3.8) is 0 Å². The molecule has 0 aromatic carbocycles. The van der Waals surface area contributed by atoms with Gasteiger partial charge in [0.2, 0.25) is 0 Å². The average Bonchev–Trinajstić information content (AvgIpc) is 2.88. The zero-order valence-electron chi connectivity index (χ0n) is 12.3. The molecule has 1 heterocycles. The summed E-state index contributed by atoms with van der Waals surface area (Å²) < 4.78 is 36.1. The van der Waals surface area contributed by atoms with Gasteiger partial charge in [0, 0.05) is 5.25 Å². The molecule has 0 amide bonds. The summed E-state index contributed by atoms with van der Waals surface area (Å²) in [5, 5.41) is 3.97. The number of unbranched alkanes of at least 4 members (excludes halogenated alkanes) is 2. The molecule has 0 radical (unpaired) electrons. The van der Waals surface area contributed by atoms with Gasteiger partial charge in [-0.15, -0.1) is 0 Å². The standard InChI is InChI=1S/C12H24N2O3S3/c1-4-6-7-9-20(16,17)12-14-13-11(18-12)19(15)10(3)8-5-2/h10,12,14H,4-9H2,1-3H3. The lowest BCUT2D eigenvalue weighted by Crippen LogP contribution is -2.29. The highest BCUT2D eigenvalue weighted by atomic mass is 32.3. The summed E-state index contributed by atoms with van der Waals surface area (Å²) in [5.41, 5.74) is 2.62. The van der Waals surface area contributed by atoms with E-state index in [0.717, 1.165) is 37.4 Å². The third kappa shape index (κ3) is 5.04. The van der Waals surface area contributed by atoms with Crippen LogP contribution in [0.2, 0.25) is 0 Å². The molecule has 0 aromatic heterocycles. The van der Waals surface area contributed by atoms with Gasteiger partial charge in [-0.2, -0.15) is 5.10 Å². The van der Waals surface area contributed by atoms with E-state index < -0.39 is 25.3 Å². The Morgan fingerprint density at radius 1 is 1.35 bits per heavy atom. The molecule has 0 bridgehead atoms. The maximum absolute atomic E-state index is 12.2. The highest BCUT2D eigenvalue weighted by Gasteiger charge is 2.34. The van der Waals surface area contributed by atoms with Gasteiger partial charge in [0.05, 0.1) is 16.6 Å². The van der Waals surface area contributed by atoms with Crippen LogP contribution >= 0.6 is 11.8 Å². The molecule has 3 unspecified atom stereocenters. The van der Waals surface area contributed by atoms with Crippen molar-refractivity contribution in [2.75, 3.05) is 5.75 Å². The van der Waals surface area contributed by atoms with Crippen LogP contribution in [0, 0.1) is 0 Å². The first-order chi connectivity index (χ1) is 9.42. The Morgan fingerprint density at radius 3 is 2.65 bits per heavy atom. The quantitative estimate of drug-likeness (QED) is 0.687. The molecule has 1 rings (SSSR count). The Morgan fingerprint density at radius 2 is 2.05 bits per heavy atom. The summed E-state index contributed by atoms with van der Waals surface area (Å²) in [6, 6.07) is 0. The van der Waals surface area contributed by atoms with Gasteiger partial charge in [-0.05, 0) is 12.8 Å². The summed E-state index contributed by atoms with van der Waals surface area (Å²) in [5.74, 6) is 0.158. The van der Waals surface area contributed by atoms with E-state index in [4.69, 9.17) is 0 Å². The fraction of sp³-hybridized carbons (Fsp3) is 0.917. The molecule has 1 aliphatic rings. The van der Waals surface area contributed by atoms with E-state index in [-0.39, 0.29) is 11.0 Å². The molecule has 1 N–H and O–H groups in total. The van der Waals surface area contributed by atoms with Gasteiger partial charge >= 0.3 is 0 Å². The number of sulfone groups is 1. The van der Waals surface area contributed by atoms with Gasteiger partial charge < -0.3 is 0 Å². The van der Waals surface area contributed by atoms with Gasteiger partial charge in [-0.1, -0.05) is 51.8 Å². The minimum Gasteiger partial charge on any atom is -0.280 e. The van der Waals surface area contributed by atoms with Crippen molar-refractivity contribution in [3.05, 3.63) is 0 Å². The fourth-order valence-electron chi connectivity index (χ4n) is 1.84. The van der Waals surface area contributed by atoms with E-state index in [2.05, 4.69) is 10.5 Å². The first-order valence-electron chi connectivity index (χ1n) is 7.04. The second kappa shape index (κ2) is 8.38. The summed E-state index contributed by atoms with van der Waals surface area (Å²) in [7, 11) is -4.45. The highest BCUT2D eigenvalue weighted by Crippen LogP contribution is 2.27. The number of thioether (sulfide) groups is 1. The molecule has 1 aliphatic heterocycles. The third-order valence-corrected chi connectivity index (χ3v) is 8.64. The number of hydrazone groups is 1. The normalized spacial score (nSPS) is 22.1. The minimum atomic E-state index is -3.23. The summed E-state index contributed by atoms with van der Waals surface area (Å²) in [6.07, 6.45) is 4.37. The van der Waals surface area contributed by atoms with Crippen molar-refractivity contribution in [3.8, 4) is 0 Å². The van der Waals surface area contributed by atoms with E-state index >= 15 is 0 Å². The summed E-state index contributed by atoms with van der Waals surface area (Å²) >= 11 is 1.09. The van der Waals surface area contributed by atoms with E-state index in [9.17, 15) is 12.6 Å². The average molecular weight is 341 g/mol. The van der Waals surface area contributed by atoms with Crippen molar-refractivity contribution in [2.24, 2.45) is 5.10 Å². The topological polar surface area (TPSA) is 75.6 Å². The summed E-state index contributed by atoms with van der Waals surface area (Å²) in [4.78, 5) is 0. The van der Waals surface area contributed by atoms with Crippen LogP contribution in [0.1, 0.15) is 52.9 Å². The molecule has 0 saturated carbocycles. The molecular weight excluding hydrogens is 316 g/mol. The molecular formula is C12H24N2O3S3. The van der Waals surface area contributed by atoms with Crippen LogP contribution in [0.5, 0.6) is 0 Å². The molecule has 20 heavy (non-hydrogen) atoms. The van der Waals surface area contributed by atoms with Crippen LogP contribution in [0.3, 0.4) is 0 Å². The summed E-state index contributed by atoms with van der Waals surface area (Å²) in [6.45, 7) is 5.98. The van der Waals surface area contributed by atoms with Crippen molar-refractivity contribution in [1.82, 2.24) is 5.43 Å². The van der Waals surface area contributed by atoms with Crippen LogP contribution in [-0.2, 0) is 20.6 Å². The second-order valence-corrected chi connectivity index (χ2v) is 10.6. The lowest BCUT2D eigenvalue weighted by Gasteiger charge is -2.11. The Labute approximate surface area is 128 Å². The number of nitrogens with zero attached hydrogens (tertiary/aromatic N) is 1. The second-order valence-electron chi connectivity index (χ2n) is 4.93. The Hall–Kier alpha value is -0.0800. The molecule has 0 saturated heterocycles. The van der Waals surface area contributed by atoms with Crippen molar-refractivity contribution in [1.29, 1.82) is 0 Å². The molecule has 0 spiro atoms. The molecule has 0 aliphatic carbocycles. The van der Waals surface area contributed by atoms with Gasteiger partial charge in [-0.25, -0.2) is 8.42 Å². The van der Waals surface area contributed by atoms with E-state index in [1.165, 1.54) is 0 Å². The van der Waals surface area contributed by atoms with Crippen LogP contribution in [0.15, 0.2) is 5.10 Å². The SMILES string of the molecule is CCCCCS(=O)(=O)C1NN=C(S(=O)C(C)CCC)S1. The third-order valence-electron chi connectivity index (χ3n) is 3.06. The van der Waals surface area contributed by atoms with Gasteiger partial charge in [-0.3, -0.25) is 9.63 Å². The zero-order chi connectivity index (χ0) is 15.2. The highest BCUT2D eigenvalue weighted by molar-refractivity contribution is 8.37. The number of hydrogen-bond acceptors (Lipinski definition) is 6. The van der Waals surface area contributed by atoms with E-state index in [0.29, 0.717) is 10.8 Å². The Kier molecular flexibility index (Phi) is 7.53. The largest absolute Gasteiger partial charge is 0.280 e. The predicted octanol–water partition coefficient (Wildman–Crippen LogP) is 2.42. The molecule has 0 aromatic rings. The van der Waals surface area contributed by atoms with Gasteiger partial charge in [0.25, 0.3) is 0 Å². The van der Waals surface area contributed by atoms with Gasteiger partial charge in [0.1, 0.15) is 0 Å². The first-order valence-corrected chi connectivity index (χ1v) is 10.8. The molecule has 5 nitrogen and oxygen atoms in total. The lowest BCUT2D eigenvalue weighted by molar-refractivity contribution is 0.580. The number of nitrogens with one attached hydrogen (secondary N) is 1. The first kappa shape index (κ1) is 18.0. The monoisotopic (exact) mass is 340 g/mol. The van der Waals surface area contributed by atoms with Crippen LogP contribution in [0.25, 0.3) is 0 Å². The predicted molar refractivity (Wildman–Crippen MR) is 87.8 cm³/mol. The molecule has 3 atom stereocenters.